The lowest BCUT2D eigenvalue weighted by atomic mass is 10.1. The van der Waals surface area contributed by atoms with Crippen LogP contribution in [0.2, 0.25) is 0 Å². The highest BCUT2D eigenvalue weighted by molar-refractivity contribution is 5.18. The van der Waals surface area contributed by atoms with Gasteiger partial charge in [-0.3, -0.25) is 4.98 Å². The second-order valence-corrected chi connectivity index (χ2v) is 2.64. The summed E-state index contributed by atoms with van der Waals surface area (Å²) in [4.78, 5) is 4.10. The van der Waals surface area contributed by atoms with Crippen molar-refractivity contribution in [3.8, 4) is 0 Å². The van der Waals surface area contributed by atoms with E-state index in [4.69, 9.17) is 17.2 Å². The summed E-state index contributed by atoms with van der Waals surface area (Å²) in [5.41, 5.74) is 18.4. The fourth-order valence-corrected chi connectivity index (χ4v) is 0.945. The van der Waals surface area contributed by atoms with Crippen LogP contribution in [0.25, 0.3) is 0 Å². The van der Waals surface area contributed by atoms with E-state index < -0.39 is 0 Å². The zero-order chi connectivity index (χ0) is 8.97. The molecule has 0 fully saturated rings. The third kappa shape index (κ3) is 2.01. The fraction of sp³-hybridized carbons (Fsp3) is 0.375. The van der Waals surface area contributed by atoms with E-state index in [-0.39, 0.29) is 6.04 Å². The van der Waals surface area contributed by atoms with E-state index in [1.165, 1.54) is 0 Å². The predicted molar refractivity (Wildman–Crippen MR) is 48.1 cm³/mol. The Balaban J connectivity index is 2.86. The van der Waals surface area contributed by atoms with Crippen molar-refractivity contribution in [3.63, 3.8) is 0 Å². The van der Waals surface area contributed by atoms with Crippen molar-refractivity contribution in [3.05, 3.63) is 29.6 Å². The van der Waals surface area contributed by atoms with Gasteiger partial charge >= 0.3 is 0 Å². The number of rotatable bonds is 3. The molecule has 1 unspecified atom stereocenters. The standard InChI is InChI=1S/C8H14N4/c9-4-6-1-2-12-8(3-6)7(11)5-10/h1-3,7H,4-5,9-11H2. The molecule has 0 bridgehead atoms. The molecule has 1 heterocycles. The van der Waals surface area contributed by atoms with Gasteiger partial charge in [0.15, 0.2) is 0 Å². The Morgan fingerprint density at radius 1 is 1.42 bits per heavy atom. The molecule has 0 amide bonds. The molecule has 0 aliphatic rings. The van der Waals surface area contributed by atoms with Gasteiger partial charge in [-0.1, -0.05) is 0 Å². The largest absolute Gasteiger partial charge is 0.329 e. The van der Waals surface area contributed by atoms with Crippen molar-refractivity contribution in [2.24, 2.45) is 17.2 Å². The van der Waals surface area contributed by atoms with E-state index >= 15 is 0 Å². The van der Waals surface area contributed by atoms with Crippen molar-refractivity contribution in [2.45, 2.75) is 12.6 Å². The summed E-state index contributed by atoms with van der Waals surface area (Å²) in [6.45, 7) is 0.911. The van der Waals surface area contributed by atoms with E-state index in [1.807, 2.05) is 12.1 Å². The monoisotopic (exact) mass is 166 g/mol. The van der Waals surface area contributed by atoms with E-state index in [0.29, 0.717) is 13.1 Å². The highest BCUT2D eigenvalue weighted by Crippen LogP contribution is 2.07. The summed E-state index contributed by atoms with van der Waals surface area (Å²) in [5.74, 6) is 0. The van der Waals surface area contributed by atoms with E-state index in [2.05, 4.69) is 4.98 Å². The molecule has 1 aromatic heterocycles. The SMILES string of the molecule is NCc1ccnc(C(N)CN)c1. The molecular formula is C8H14N4. The van der Waals surface area contributed by atoms with Crippen LogP contribution in [-0.4, -0.2) is 11.5 Å². The Kier molecular flexibility index (Phi) is 3.16. The maximum Gasteiger partial charge on any atom is 0.0594 e. The lowest BCUT2D eigenvalue weighted by Gasteiger charge is -2.08. The molecule has 0 radical (unpaired) electrons. The fourth-order valence-electron chi connectivity index (χ4n) is 0.945. The topological polar surface area (TPSA) is 90.9 Å². The number of nitrogens with zero attached hydrogens (tertiary/aromatic N) is 1. The third-order valence-electron chi connectivity index (χ3n) is 1.72. The normalized spacial score (nSPS) is 12.9. The molecule has 4 heteroatoms. The van der Waals surface area contributed by atoms with Crippen LogP contribution in [0.3, 0.4) is 0 Å². The summed E-state index contributed by atoms with van der Waals surface area (Å²) in [6.07, 6.45) is 1.70. The Labute approximate surface area is 71.8 Å². The molecule has 0 aliphatic heterocycles. The number of aromatic nitrogens is 1. The van der Waals surface area contributed by atoms with Crippen molar-refractivity contribution in [2.75, 3.05) is 6.54 Å². The zero-order valence-corrected chi connectivity index (χ0v) is 6.90. The smallest absolute Gasteiger partial charge is 0.0594 e. The van der Waals surface area contributed by atoms with Crippen LogP contribution in [0, 0.1) is 0 Å². The molecule has 0 aromatic carbocycles. The van der Waals surface area contributed by atoms with Gasteiger partial charge < -0.3 is 17.2 Å². The first-order chi connectivity index (χ1) is 5.77. The molecule has 1 rings (SSSR count). The van der Waals surface area contributed by atoms with Crippen molar-refractivity contribution >= 4 is 0 Å². The van der Waals surface area contributed by atoms with Crippen molar-refractivity contribution < 1.29 is 0 Å². The van der Waals surface area contributed by atoms with Gasteiger partial charge in [0.25, 0.3) is 0 Å². The van der Waals surface area contributed by atoms with Crippen LogP contribution in [-0.2, 0) is 6.54 Å². The minimum absolute atomic E-state index is 0.184. The van der Waals surface area contributed by atoms with Gasteiger partial charge in [0.05, 0.1) is 11.7 Å². The van der Waals surface area contributed by atoms with Gasteiger partial charge in [0, 0.05) is 19.3 Å². The predicted octanol–water partition coefficient (Wildman–Crippen LogP) is -0.501. The van der Waals surface area contributed by atoms with Crippen LogP contribution < -0.4 is 17.2 Å². The maximum absolute atomic E-state index is 5.69. The molecule has 1 atom stereocenters. The molecule has 0 aliphatic carbocycles. The second kappa shape index (κ2) is 4.15. The number of pyridine rings is 1. The van der Waals surface area contributed by atoms with Crippen LogP contribution in [0.1, 0.15) is 17.3 Å². The summed E-state index contributed by atoms with van der Waals surface area (Å²) in [6, 6.07) is 3.57. The van der Waals surface area contributed by atoms with Gasteiger partial charge in [-0.05, 0) is 17.7 Å². The van der Waals surface area contributed by atoms with Crippen LogP contribution in [0.5, 0.6) is 0 Å². The van der Waals surface area contributed by atoms with Crippen molar-refractivity contribution in [1.82, 2.24) is 4.98 Å². The van der Waals surface area contributed by atoms with Crippen molar-refractivity contribution in [1.29, 1.82) is 0 Å². The molecule has 12 heavy (non-hydrogen) atoms. The van der Waals surface area contributed by atoms with Crippen LogP contribution in [0.15, 0.2) is 18.3 Å². The first-order valence-corrected chi connectivity index (χ1v) is 3.88. The third-order valence-corrected chi connectivity index (χ3v) is 1.72. The van der Waals surface area contributed by atoms with E-state index in [9.17, 15) is 0 Å². The van der Waals surface area contributed by atoms with Gasteiger partial charge in [0.2, 0.25) is 0 Å². The second-order valence-electron chi connectivity index (χ2n) is 2.64. The summed E-state index contributed by atoms with van der Waals surface area (Å²) >= 11 is 0. The highest BCUT2D eigenvalue weighted by atomic mass is 14.8. The lowest BCUT2D eigenvalue weighted by molar-refractivity contribution is 0.709. The quantitative estimate of drug-likeness (QED) is 0.564. The molecule has 6 N–H and O–H groups in total. The minimum Gasteiger partial charge on any atom is -0.329 e. The molecule has 0 saturated heterocycles. The summed E-state index contributed by atoms with van der Waals surface area (Å²) in [5, 5.41) is 0. The minimum atomic E-state index is -0.184. The average molecular weight is 166 g/mol. The zero-order valence-electron chi connectivity index (χ0n) is 6.90. The number of hydrogen-bond donors (Lipinski definition) is 3. The first kappa shape index (κ1) is 9.12. The van der Waals surface area contributed by atoms with Gasteiger partial charge in [-0.15, -0.1) is 0 Å². The van der Waals surface area contributed by atoms with Crippen LogP contribution >= 0.6 is 0 Å². The lowest BCUT2D eigenvalue weighted by Crippen LogP contribution is -2.22. The highest BCUT2D eigenvalue weighted by Gasteiger charge is 2.04. The average Bonchev–Trinajstić information content (AvgIpc) is 2.17. The Morgan fingerprint density at radius 3 is 2.75 bits per heavy atom. The Hall–Kier alpha value is -0.970. The maximum atomic E-state index is 5.69. The Bertz CT molecular complexity index is 249. The van der Waals surface area contributed by atoms with Crippen LogP contribution in [0.4, 0.5) is 0 Å². The molecular weight excluding hydrogens is 152 g/mol. The summed E-state index contributed by atoms with van der Waals surface area (Å²) in [7, 11) is 0. The molecule has 66 valence electrons. The summed E-state index contributed by atoms with van der Waals surface area (Å²) < 4.78 is 0. The Morgan fingerprint density at radius 2 is 2.17 bits per heavy atom. The van der Waals surface area contributed by atoms with Gasteiger partial charge in [-0.25, -0.2) is 0 Å². The molecule has 1 aromatic rings. The molecule has 4 nitrogen and oxygen atoms in total. The molecule has 0 saturated carbocycles. The number of hydrogen-bond acceptors (Lipinski definition) is 4. The van der Waals surface area contributed by atoms with Gasteiger partial charge in [0.1, 0.15) is 0 Å². The number of nitrogens with two attached hydrogens (primary N) is 3. The first-order valence-electron chi connectivity index (χ1n) is 3.88. The van der Waals surface area contributed by atoms with E-state index in [0.717, 1.165) is 11.3 Å². The molecule has 0 spiro atoms. The van der Waals surface area contributed by atoms with E-state index in [1.54, 1.807) is 6.20 Å². The van der Waals surface area contributed by atoms with Gasteiger partial charge in [-0.2, -0.15) is 0 Å².